The van der Waals surface area contributed by atoms with Gasteiger partial charge in [0, 0.05) is 11.6 Å². The van der Waals surface area contributed by atoms with Crippen molar-refractivity contribution in [3.63, 3.8) is 0 Å². The van der Waals surface area contributed by atoms with Crippen LogP contribution in [0.15, 0.2) is 24.3 Å². The standard InChI is InChI=1S/C16H21NO3/c1-16(2)9-5-8-13(16)14(18)17-12-7-4-6-11(10-12)15(19)20-3/h4,6-7,10,13H,5,8-9H2,1-3H3,(H,17,18). The van der Waals surface area contributed by atoms with E-state index in [0.29, 0.717) is 11.3 Å². The lowest BCUT2D eigenvalue weighted by molar-refractivity contribution is -0.122. The first kappa shape index (κ1) is 14.6. The highest BCUT2D eigenvalue weighted by Crippen LogP contribution is 2.43. The maximum absolute atomic E-state index is 12.4. The number of benzene rings is 1. The van der Waals surface area contributed by atoms with Gasteiger partial charge in [0.25, 0.3) is 0 Å². The molecule has 0 aromatic heterocycles. The third-order valence-electron chi connectivity index (χ3n) is 4.12. The molecule has 1 aliphatic rings. The van der Waals surface area contributed by atoms with Crippen LogP contribution in [-0.2, 0) is 9.53 Å². The zero-order valence-corrected chi connectivity index (χ0v) is 12.2. The maximum atomic E-state index is 12.4. The average molecular weight is 275 g/mol. The minimum absolute atomic E-state index is 0.0317. The van der Waals surface area contributed by atoms with Gasteiger partial charge in [-0.25, -0.2) is 4.79 Å². The molecule has 1 aromatic carbocycles. The van der Waals surface area contributed by atoms with E-state index >= 15 is 0 Å². The van der Waals surface area contributed by atoms with Crippen molar-refractivity contribution in [1.82, 2.24) is 0 Å². The van der Waals surface area contributed by atoms with Crippen molar-refractivity contribution >= 4 is 17.6 Å². The molecule has 1 fully saturated rings. The summed E-state index contributed by atoms with van der Waals surface area (Å²) in [4.78, 5) is 23.8. The van der Waals surface area contributed by atoms with Crippen LogP contribution in [0.25, 0.3) is 0 Å². The number of rotatable bonds is 3. The second kappa shape index (κ2) is 5.65. The SMILES string of the molecule is COC(=O)c1cccc(NC(=O)C2CCCC2(C)C)c1. The van der Waals surface area contributed by atoms with Gasteiger partial charge < -0.3 is 10.1 Å². The smallest absolute Gasteiger partial charge is 0.337 e. The van der Waals surface area contributed by atoms with Crippen LogP contribution in [0.3, 0.4) is 0 Å². The molecule has 1 N–H and O–H groups in total. The topological polar surface area (TPSA) is 55.4 Å². The molecular formula is C16H21NO3. The number of hydrogen-bond acceptors (Lipinski definition) is 3. The number of hydrogen-bond donors (Lipinski definition) is 1. The molecule has 1 amide bonds. The second-order valence-electron chi connectivity index (χ2n) is 6.00. The molecule has 0 saturated heterocycles. The van der Waals surface area contributed by atoms with Crippen LogP contribution in [0.5, 0.6) is 0 Å². The summed E-state index contributed by atoms with van der Waals surface area (Å²) in [5, 5.41) is 2.91. The molecule has 108 valence electrons. The van der Waals surface area contributed by atoms with Gasteiger partial charge in [-0.15, -0.1) is 0 Å². The van der Waals surface area contributed by atoms with Crippen LogP contribution in [0, 0.1) is 11.3 Å². The molecule has 1 aliphatic carbocycles. The first-order valence-electron chi connectivity index (χ1n) is 6.93. The molecule has 1 saturated carbocycles. The number of methoxy groups -OCH3 is 1. The number of carbonyl (C=O) groups is 2. The predicted molar refractivity (Wildman–Crippen MR) is 77.5 cm³/mol. The van der Waals surface area contributed by atoms with Gasteiger partial charge >= 0.3 is 5.97 Å². The lowest BCUT2D eigenvalue weighted by atomic mass is 9.81. The highest BCUT2D eigenvalue weighted by Gasteiger charge is 2.39. The summed E-state index contributed by atoms with van der Waals surface area (Å²) in [6.45, 7) is 4.27. The van der Waals surface area contributed by atoms with Crippen molar-refractivity contribution in [3.05, 3.63) is 29.8 Å². The first-order chi connectivity index (χ1) is 9.44. The van der Waals surface area contributed by atoms with Gasteiger partial charge in [0.1, 0.15) is 0 Å². The lowest BCUT2D eigenvalue weighted by Gasteiger charge is -2.25. The van der Waals surface area contributed by atoms with Crippen LogP contribution in [0.4, 0.5) is 5.69 Å². The predicted octanol–water partition coefficient (Wildman–Crippen LogP) is 3.24. The summed E-state index contributed by atoms with van der Waals surface area (Å²) >= 11 is 0. The normalized spacial score (nSPS) is 20.4. The fourth-order valence-electron chi connectivity index (χ4n) is 2.88. The quantitative estimate of drug-likeness (QED) is 0.862. The Balaban J connectivity index is 2.10. The lowest BCUT2D eigenvalue weighted by Crippen LogP contribution is -2.30. The van der Waals surface area contributed by atoms with Gasteiger partial charge in [-0.1, -0.05) is 26.3 Å². The van der Waals surface area contributed by atoms with Gasteiger partial charge in [-0.05, 0) is 36.5 Å². The van der Waals surface area contributed by atoms with Crippen molar-refractivity contribution in [2.24, 2.45) is 11.3 Å². The van der Waals surface area contributed by atoms with E-state index in [1.807, 2.05) is 0 Å². The van der Waals surface area contributed by atoms with Crippen LogP contribution in [-0.4, -0.2) is 19.0 Å². The second-order valence-corrected chi connectivity index (χ2v) is 6.00. The van der Waals surface area contributed by atoms with Crippen molar-refractivity contribution in [3.8, 4) is 0 Å². The fourth-order valence-corrected chi connectivity index (χ4v) is 2.88. The van der Waals surface area contributed by atoms with E-state index in [4.69, 9.17) is 0 Å². The van der Waals surface area contributed by atoms with Crippen molar-refractivity contribution < 1.29 is 14.3 Å². The largest absolute Gasteiger partial charge is 0.465 e. The Kier molecular flexibility index (Phi) is 4.12. The summed E-state index contributed by atoms with van der Waals surface area (Å²) in [6.07, 6.45) is 3.09. The number of esters is 1. The first-order valence-corrected chi connectivity index (χ1v) is 6.93. The van der Waals surface area contributed by atoms with Crippen molar-refractivity contribution in [1.29, 1.82) is 0 Å². The molecular weight excluding hydrogens is 254 g/mol. The third-order valence-corrected chi connectivity index (χ3v) is 4.12. The molecule has 20 heavy (non-hydrogen) atoms. The number of anilines is 1. The molecule has 4 nitrogen and oxygen atoms in total. The van der Waals surface area contributed by atoms with Crippen LogP contribution in [0.2, 0.25) is 0 Å². The Labute approximate surface area is 119 Å². The fraction of sp³-hybridized carbons (Fsp3) is 0.500. The van der Waals surface area contributed by atoms with E-state index in [0.717, 1.165) is 19.3 Å². The van der Waals surface area contributed by atoms with Gasteiger partial charge in [0.15, 0.2) is 0 Å². The van der Waals surface area contributed by atoms with Gasteiger partial charge in [-0.2, -0.15) is 0 Å². The van der Waals surface area contributed by atoms with E-state index in [1.54, 1.807) is 24.3 Å². The molecule has 0 spiro atoms. The Morgan fingerprint density at radius 1 is 1.35 bits per heavy atom. The van der Waals surface area contributed by atoms with Crippen LogP contribution >= 0.6 is 0 Å². The zero-order valence-electron chi connectivity index (χ0n) is 12.2. The van der Waals surface area contributed by atoms with Crippen molar-refractivity contribution in [2.45, 2.75) is 33.1 Å². The van der Waals surface area contributed by atoms with E-state index in [1.165, 1.54) is 7.11 Å². The molecule has 1 unspecified atom stereocenters. The molecule has 4 heteroatoms. The third kappa shape index (κ3) is 3.00. The van der Waals surface area contributed by atoms with Gasteiger partial charge in [0.05, 0.1) is 12.7 Å². The Morgan fingerprint density at radius 2 is 2.10 bits per heavy atom. The molecule has 0 aliphatic heterocycles. The molecule has 0 bridgehead atoms. The van der Waals surface area contributed by atoms with Gasteiger partial charge in [-0.3, -0.25) is 4.79 Å². The number of nitrogens with one attached hydrogen (secondary N) is 1. The highest BCUT2D eigenvalue weighted by atomic mass is 16.5. The van der Waals surface area contributed by atoms with E-state index in [2.05, 4.69) is 23.9 Å². The number of amides is 1. The molecule has 0 heterocycles. The van der Waals surface area contributed by atoms with E-state index in [9.17, 15) is 9.59 Å². The molecule has 0 radical (unpaired) electrons. The number of carbonyl (C=O) groups excluding carboxylic acids is 2. The monoisotopic (exact) mass is 275 g/mol. The summed E-state index contributed by atoms with van der Waals surface area (Å²) in [5.74, 6) is -0.332. The summed E-state index contributed by atoms with van der Waals surface area (Å²) in [5.41, 5.74) is 1.13. The minimum atomic E-state index is -0.401. The minimum Gasteiger partial charge on any atom is -0.465 e. The Hall–Kier alpha value is -1.84. The molecule has 2 rings (SSSR count). The van der Waals surface area contributed by atoms with E-state index in [-0.39, 0.29) is 17.2 Å². The maximum Gasteiger partial charge on any atom is 0.337 e. The molecule has 1 aromatic rings. The van der Waals surface area contributed by atoms with Crippen LogP contribution < -0.4 is 5.32 Å². The summed E-state index contributed by atoms with van der Waals surface area (Å²) in [6, 6.07) is 6.83. The highest BCUT2D eigenvalue weighted by molar-refractivity contribution is 5.95. The van der Waals surface area contributed by atoms with E-state index < -0.39 is 5.97 Å². The number of ether oxygens (including phenoxy) is 1. The summed E-state index contributed by atoms with van der Waals surface area (Å²) in [7, 11) is 1.34. The average Bonchev–Trinajstić information content (AvgIpc) is 2.77. The Morgan fingerprint density at radius 3 is 2.70 bits per heavy atom. The van der Waals surface area contributed by atoms with Gasteiger partial charge in [0.2, 0.25) is 5.91 Å². The molecule has 1 atom stereocenters. The zero-order chi connectivity index (χ0) is 14.8. The van der Waals surface area contributed by atoms with Crippen LogP contribution in [0.1, 0.15) is 43.5 Å². The summed E-state index contributed by atoms with van der Waals surface area (Å²) < 4.78 is 4.68. The van der Waals surface area contributed by atoms with Crippen molar-refractivity contribution in [2.75, 3.05) is 12.4 Å². The Bertz CT molecular complexity index is 522.